The van der Waals surface area contributed by atoms with Gasteiger partial charge in [0.25, 0.3) is 0 Å². The molecule has 1 aliphatic rings. The number of hydrogen-bond acceptors (Lipinski definition) is 2. The summed E-state index contributed by atoms with van der Waals surface area (Å²) >= 11 is 1.91. The van der Waals surface area contributed by atoms with Crippen LogP contribution >= 0.6 is 11.3 Å². The smallest absolute Gasteiger partial charge is 0.0742 e. The number of fused-ring (bicyclic) bond motifs is 14. The van der Waals surface area contributed by atoms with Gasteiger partial charge < -0.3 is 9.88 Å². The van der Waals surface area contributed by atoms with E-state index in [-0.39, 0.29) is 0 Å². The van der Waals surface area contributed by atoms with Crippen LogP contribution in [-0.2, 0) is 5.41 Å². The lowest BCUT2D eigenvalue weighted by Crippen LogP contribution is -2.37. The van der Waals surface area contributed by atoms with Gasteiger partial charge in [0.2, 0.25) is 0 Å². The molecular formula is C51H32N2S. The predicted octanol–water partition coefficient (Wildman–Crippen LogP) is 14.2. The molecule has 3 heterocycles. The minimum Gasteiger partial charge on any atom is -0.354 e. The molecule has 1 N–H and O–H groups in total. The van der Waals surface area contributed by atoms with E-state index in [4.69, 9.17) is 0 Å². The maximum absolute atomic E-state index is 3.83. The summed E-state index contributed by atoms with van der Waals surface area (Å²) < 4.78 is 2.64. The molecule has 0 fully saturated rings. The summed E-state index contributed by atoms with van der Waals surface area (Å²) in [6, 6.07) is 69.6. The molecule has 0 unspecified atom stereocenters. The largest absolute Gasteiger partial charge is 0.354 e. The van der Waals surface area contributed by atoms with Gasteiger partial charge in [0, 0.05) is 52.9 Å². The number of aromatic nitrogens is 1. The summed E-state index contributed by atoms with van der Waals surface area (Å²) in [4.78, 5) is 6.33. The van der Waals surface area contributed by atoms with Gasteiger partial charge in [-0.3, -0.25) is 0 Å². The summed E-state index contributed by atoms with van der Waals surface area (Å²) in [6.45, 7) is 0. The predicted molar refractivity (Wildman–Crippen MR) is 230 cm³/mol. The molecule has 12 rings (SSSR count). The summed E-state index contributed by atoms with van der Waals surface area (Å²) in [7, 11) is 0. The zero-order chi connectivity index (χ0) is 35.4. The minimum atomic E-state index is -0.495. The Hall–Kier alpha value is -6.68. The van der Waals surface area contributed by atoms with Crippen LogP contribution in [0.4, 0.5) is 17.1 Å². The fourth-order valence-corrected chi connectivity index (χ4v) is 10.9. The molecule has 0 aliphatic carbocycles. The third-order valence-electron chi connectivity index (χ3n) is 11.8. The van der Waals surface area contributed by atoms with Gasteiger partial charge in [0.05, 0.1) is 22.3 Å². The maximum atomic E-state index is 3.83. The molecular weight excluding hydrogens is 673 g/mol. The SMILES string of the molecule is c1ccc(C2(c3ccccc3)c3ccccc3N(c3ccc4sc5c6ccccc6c6c(ccc7c8ccccc8[nH]c76)c5c4c3)c3ccccc32)cc1. The highest BCUT2D eigenvalue weighted by Gasteiger charge is 2.46. The van der Waals surface area contributed by atoms with Crippen molar-refractivity contribution in [1.29, 1.82) is 0 Å². The second-order valence-corrected chi connectivity index (χ2v) is 15.5. The fraction of sp³-hybridized carbons (Fsp3) is 0.0196. The molecule has 0 saturated heterocycles. The first-order chi connectivity index (χ1) is 26.8. The molecule has 2 nitrogen and oxygen atoms in total. The molecule has 0 radical (unpaired) electrons. The molecule has 0 bridgehead atoms. The van der Waals surface area contributed by atoms with E-state index in [0.29, 0.717) is 0 Å². The first kappa shape index (κ1) is 29.9. The molecule has 54 heavy (non-hydrogen) atoms. The molecule has 1 aliphatic heterocycles. The third-order valence-corrected chi connectivity index (χ3v) is 13.0. The number of hydrogen-bond donors (Lipinski definition) is 1. The van der Waals surface area contributed by atoms with Crippen LogP contribution in [-0.4, -0.2) is 4.98 Å². The van der Waals surface area contributed by atoms with Crippen molar-refractivity contribution in [3.05, 3.63) is 210 Å². The first-order valence-corrected chi connectivity index (χ1v) is 19.4. The van der Waals surface area contributed by atoms with Gasteiger partial charge in [-0.05, 0) is 69.4 Å². The maximum Gasteiger partial charge on any atom is 0.0742 e. The Morgan fingerprint density at radius 3 is 1.70 bits per heavy atom. The summed E-state index contributed by atoms with van der Waals surface area (Å²) in [5.41, 5.74) is 10.5. The monoisotopic (exact) mass is 704 g/mol. The summed E-state index contributed by atoms with van der Waals surface area (Å²) in [5, 5.41) is 10.3. The van der Waals surface area contributed by atoms with Crippen LogP contribution in [0.15, 0.2) is 188 Å². The lowest BCUT2D eigenvalue weighted by molar-refractivity contribution is 0.731. The molecule has 3 heteroatoms. The summed E-state index contributed by atoms with van der Waals surface area (Å²) in [5.74, 6) is 0. The molecule has 11 aromatic rings. The number of para-hydroxylation sites is 3. The highest BCUT2D eigenvalue weighted by molar-refractivity contribution is 7.27. The molecule has 9 aromatic carbocycles. The van der Waals surface area contributed by atoms with Gasteiger partial charge in [-0.25, -0.2) is 0 Å². The van der Waals surface area contributed by atoms with Crippen molar-refractivity contribution in [2.24, 2.45) is 0 Å². The van der Waals surface area contributed by atoms with E-state index >= 15 is 0 Å². The Morgan fingerprint density at radius 2 is 1.00 bits per heavy atom. The van der Waals surface area contributed by atoms with E-state index in [0.717, 1.165) is 5.69 Å². The van der Waals surface area contributed by atoms with Gasteiger partial charge >= 0.3 is 0 Å². The standard InChI is InChI=1S/C51H32N2S/c1-3-15-32(16-4-1)51(33-17-5-2-6-18-33)41-22-10-13-25-44(41)53(45-26-14-11-23-42(45)51)34-27-30-46-40(31-34)48-39-29-28-37-35-19-9-12-24-43(35)52-49(37)47(39)36-20-7-8-21-38(36)50(48)54-46/h1-31,52H. The number of aromatic amines is 1. The number of nitrogens with zero attached hydrogens (tertiary/aromatic N) is 1. The van der Waals surface area contributed by atoms with Crippen LogP contribution in [0.5, 0.6) is 0 Å². The van der Waals surface area contributed by atoms with Crippen molar-refractivity contribution >= 4 is 91.9 Å². The Morgan fingerprint density at radius 1 is 0.426 bits per heavy atom. The van der Waals surface area contributed by atoms with Crippen LogP contribution in [0.2, 0.25) is 0 Å². The van der Waals surface area contributed by atoms with E-state index in [2.05, 4.69) is 198 Å². The average molecular weight is 705 g/mol. The van der Waals surface area contributed by atoms with Gasteiger partial charge in [-0.15, -0.1) is 11.3 Å². The van der Waals surface area contributed by atoms with E-state index < -0.39 is 5.41 Å². The quantitative estimate of drug-likeness (QED) is 0.181. The van der Waals surface area contributed by atoms with Crippen LogP contribution < -0.4 is 4.90 Å². The lowest BCUT2D eigenvalue weighted by atomic mass is 9.62. The Kier molecular flexibility index (Phi) is 6.17. The molecule has 252 valence electrons. The number of thiophene rings is 1. The number of nitrogens with one attached hydrogen (secondary N) is 1. The Balaban J connectivity index is 1.17. The van der Waals surface area contributed by atoms with Crippen molar-refractivity contribution < 1.29 is 0 Å². The zero-order valence-electron chi connectivity index (χ0n) is 29.3. The Bertz CT molecular complexity index is 3190. The fourth-order valence-electron chi connectivity index (χ4n) is 9.68. The van der Waals surface area contributed by atoms with Crippen LogP contribution in [0.3, 0.4) is 0 Å². The number of anilines is 3. The van der Waals surface area contributed by atoms with Crippen molar-refractivity contribution in [3.8, 4) is 0 Å². The molecule has 0 saturated carbocycles. The summed E-state index contributed by atoms with van der Waals surface area (Å²) in [6.07, 6.45) is 0. The first-order valence-electron chi connectivity index (χ1n) is 18.6. The highest BCUT2D eigenvalue weighted by atomic mass is 32.1. The molecule has 2 aromatic heterocycles. The van der Waals surface area contributed by atoms with Crippen LogP contribution in [0.25, 0.3) is 63.5 Å². The van der Waals surface area contributed by atoms with Gasteiger partial charge in [-0.1, -0.05) is 152 Å². The van der Waals surface area contributed by atoms with E-state index in [1.165, 1.54) is 97.2 Å². The van der Waals surface area contributed by atoms with E-state index in [1.807, 2.05) is 11.3 Å². The topological polar surface area (TPSA) is 19.0 Å². The minimum absolute atomic E-state index is 0.495. The lowest BCUT2D eigenvalue weighted by Gasteiger charge is -2.46. The third kappa shape index (κ3) is 3.89. The van der Waals surface area contributed by atoms with Crippen LogP contribution in [0, 0.1) is 0 Å². The normalized spacial score (nSPS) is 13.7. The zero-order valence-corrected chi connectivity index (χ0v) is 30.1. The van der Waals surface area contributed by atoms with Crippen molar-refractivity contribution in [1.82, 2.24) is 4.98 Å². The number of H-pyrrole nitrogens is 1. The van der Waals surface area contributed by atoms with Gasteiger partial charge in [0.1, 0.15) is 0 Å². The highest BCUT2D eigenvalue weighted by Crippen LogP contribution is 2.58. The average Bonchev–Trinajstić information content (AvgIpc) is 3.82. The second-order valence-electron chi connectivity index (χ2n) is 14.5. The number of rotatable bonds is 3. The van der Waals surface area contributed by atoms with Crippen molar-refractivity contribution in [2.45, 2.75) is 5.41 Å². The van der Waals surface area contributed by atoms with Crippen molar-refractivity contribution in [3.63, 3.8) is 0 Å². The van der Waals surface area contributed by atoms with Gasteiger partial charge in [0.15, 0.2) is 0 Å². The van der Waals surface area contributed by atoms with Gasteiger partial charge in [-0.2, -0.15) is 0 Å². The number of benzene rings is 9. The second kappa shape index (κ2) is 11.2. The molecule has 0 spiro atoms. The van der Waals surface area contributed by atoms with Crippen LogP contribution in [0.1, 0.15) is 22.3 Å². The molecule has 0 atom stereocenters. The van der Waals surface area contributed by atoms with E-state index in [1.54, 1.807) is 0 Å². The van der Waals surface area contributed by atoms with E-state index in [9.17, 15) is 0 Å². The Labute approximate surface area is 316 Å². The molecule has 0 amide bonds. The van der Waals surface area contributed by atoms with Crippen molar-refractivity contribution in [2.75, 3.05) is 4.90 Å².